The Kier molecular flexibility index (Phi) is 4.82. The maximum absolute atomic E-state index is 6.43. The van der Waals surface area contributed by atoms with Crippen LogP contribution in [0.15, 0.2) is 18.2 Å². The van der Waals surface area contributed by atoms with Gasteiger partial charge in [-0.3, -0.25) is 0 Å². The fourth-order valence-electron chi connectivity index (χ4n) is 3.62. The molecule has 0 aliphatic heterocycles. The van der Waals surface area contributed by atoms with Crippen molar-refractivity contribution >= 4 is 0 Å². The van der Waals surface area contributed by atoms with Crippen molar-refractivity contribution in [3.63, 3.8) is 0 Å². The number of nitrogens with two attached hydrogens (primary N) is 1. The number of hydrogen-bond acceptors (Lipinski definition) is 1. The summed E-state index contributed by atoms with van der Waals surface area (Å²) in [4.78, 5) is 0. The van der Waals surface area contributed by atoms with Gasteiger partial charge in [-0.1, -0.05) is 72.1 Å². The molecule has 1 unspecified atom stereocenters. The van der Waals surface area contributed by atoms with Crippen LogP contribution >= 0.6 is 0 Å². The molecule has 1 heteroatoms. The highest BCUT2D eigenvalue weighted by Gasteiger charge is 2.37. The Morgan fingerprint density at radius 1 is 1.00 bits per heavy atom. The van der Waals surface area contributed by atoms with Crippen LogP contribution in [0.4, 0.5) is 0 Å². The fraction of sp³-hybridized carbons (Fsp3) is 0.700. The first kappa shape index (κ1) is 16.5. The van der Waals surface area contributed by atoms with Crippen LogP contribution in [0.2, 0.25) is 0 Å². The van der Waals surface area contributed by atoms with E-state index in [0.29, 0.717) is 5.41 Å². The topological polar surface area (TPSA) is 26.0 Å². The normalized spacial score (nSPS) is 20.9. The van der Waals surface area contributed by atoms with Crippen molar-refractivity contribution in [3.8, 4) is 0 Å². The molecule has 118 valence electrons. The molecule has 1 aliphatic rings. The zero-order valence-corrected chi connectivity index (χ0v) is 14.6. The summed E-state index contributed by atoms with van der Waals surface area (Å²) in [6, 6.07) is 7.24. The molecule has 0 amide bonds. The van der Waals surface area contributed by atoms with E-state index in [-0.39, 0.29) is 11.5 Å². The lowest BCUT2D eigenvalue weighted by Crippen LogP contribution is -2.34. The lowest BCUT2D eigenvalue weighted by atomic mass is 9.63. The van der Waals surface area contributed by atoms with Gasteiger partial charge in [-0.05, 0) is 46.8 Å². The monoisotopic (exact) mass is 287 g/mol. The van der Waals surface area contributed by atoms with Crippen LogP contribution in [0.1, 0.15) is 95.9 Å². The summed E-state index contributed by atoms with van der Waals surface area (Å²) in [6.07, 6.45) is 7.44. The molecule has 1 nitrogen and oxygen atoms in total. The Morgan fingerprint density at radius 3 is 2.24 bits per heavy atom. The second kappa shape index (κ2) is 6.12. The van der Waals surface area contributed by atoms with Gasteiger partial charge < -0.3 is 5.73 Å². The van der Waals surface area contributed by atoms with E-state index < -0.39 is 0 Å². The molecule has 1 atom stereocenters. The van der Waals surface area contributed by atoms with Gasteiger partial charge in [0.25, 0.3) is 0 Å². The lowest BCUT2D eigenvalue weighted by molar-refractivity contribution is 0.331. The first-order valence-electron chi connectivity index (χ1n) is 8.68. The molecule has 0 saturated carbocycles. The van der Waals surface area contributed by atoms with Crippen LogP contribution in [0, 0.1) is 0 Å². The summed E-state index contributed by atoms with van der Waals surface area (Å²) in [7, 11) is 0. The van der Waals surface area contributed by atoms with Gasteiger partial charge in [0.2, 0.25) is 0 Å². The van der Waals surface area contributed by atoms with Crippen LogP contribution in [0.3, 0.4) is 0 Å². The molecule has 0 spiro atoms. The summed E-state index contributed by atoms with van der Waals surface area (Å²) in [6.45, 7) is 11.8. The molecule has 21 heavy (non-hydrogen) atoms. The van der Waals surface area contributed by atoms with Crippen molar-refractivity contribution < 1.29 is 0 Å². The molecule has 1 aromatic carbocycles. The summed E-state index contributed by atoms with van der Waals surface area (Å²) in [5.74, 6) is 0. The molecule has 1 aliphatic carbocycles. The van der Waals surface area contributed by atoms with Crippen molar-refractivity contribution in [2.45, 2.75) is 90.0 Å². The average molecular weight is 287 g/mol. The smallest absolute Gasteiger partial charge is 0.0294 e. The highest BCUT2D eigenvalue weighted by atomic mass is 14.6. The van der Waals surface area contributed by atoms with E-state index in [0.717, 1.165) is 6.42 Å². The maximum Gasteiger partial charge on any atom is 0.0294 e. The highest BCUT2D eigenvalue weighted by Crippen LogP contribution is 2.46. The minimum absolute atomic E-state index is 0.197. The summed E-state index contributed by atoms with van der Waals surface area (Å²) < 4.78 is 0. The van der Waals surface area contributed by atoms with Gasteiger partial charge in [-0.25, -0.2) is 0 Å². The molecule has 2 rings (SSSR count). The first-order chi connectivity index (χ1) is 9.78. The van der Waals surface area contributed by atoms with Gasteiger partial charge >= 0.3 is 0 Å². The number of benzene rings is 1. The minimum Gasteiger partial charge on any atom is -0.324 e. The Hall–Kier alpha value is -0.820. The molecule has 1 aromatic rings. The van der Waals surface area contributed by atoms with Crippen LogP contribution < -0.4 is 5.73 Å². The Bertz CT molecular complexity index is 485. The second-order valence-electron chi connectivity index (χ2n) is 8.18. The summed E-state index contributed by atoms with van der Waals surface area (Å²) >= 11 is 0. The second-order valence-corrected chi connectivity index (χ2v) is 8.18. The Labute approximate surface area is 131 Å². The van der Waals surface area contributed by atoms with E-state index >= 15 is 0 Å². The minimum atomic E-state index is 0.197. The van der Waals surface area contributed by atoms with Gasteiger partial charge in [0.15, 0.2) is 0 Å². The quantitative estimate of drug-likeness (QED) is 0.699. The number of unbranched alkanes of at least 4 members (excludes halogenated alkanes) is 2. The van der Waals surface area contributed by atoms with Crippen LogP contribution in [-0.4, -0.2) is 0 Å². The number of hydrogen-bond donors (Lipinski definition) is 1. The zero-order chi connectivity index (χ0) is 15.7. The van der Waals surface area contributed by atoms with Crippen molar-refractivity contribution in [1.29, 1.82) is 0 Å². The molecule has 0 bridgehead atoms. The van der Waals surface area contributed by atoms with E-state index in [1.165, 1.54) is 48.8 Å². The van der Waals surface area contributed by atoms with E-state index in [4.69, 9.17) is 5.73 Å². The average Bonchev–Trinajstić information content (AvgIpc) is 2.44. The number of fused-ring (bicyclic) bond motifs is 1. The van der Waals surface area contributed by atoms with Gasteiger partial charge in [0.05, 0.1) is 0 Å². The third-order valence-electron chi connectivity index (χ3n) is 5.42. The fourth-order valence-corrected chi connectivity index (χ4v) is 3.62. The van der Waals surface area contributed by atoms with Crippen molar-refractivity contribution in [3.05, 3.63) is 34.9 Å². The molecule has 0 heterocycles. The third-order valence-corrected chi connectivity index (χ3v) is 5.42. The van der Waals surface area contributed by atoms with Crippen LogP contribution in [0.25, 0.3) is 0 Å². The van der Waals surface area contributed by atoms with Crippen molar-refractivity contribution in [1.82, 2.24) is 0 Å². The molecule has 0 aromatic heterocycles. The van der Waals surface area contributed by atoms with E-state index in [2.05, 4.69) is 52.8 Å². The molecule has 0 fully saturated rings. The van der Waals surface area contributed by atoms with E-state index in [9.17, 15) is 0 Å². The van der Waals surface area contributed by atoms with E-state index in [1.807, 2.05) is 0 Å². The Morgan fingerprint density at radius 2 is 1.62 bits per heavy atom. The van der Waals surface area contributed by atoms with Gasteiger partial charge in [0, 0.05) is 6.04 Å². The molecular formula is C20H33N. The van der Waals surface area contributed by atoms with Gasteiger partial charge in [0.1, 0.15) is 0 Å². The SMILES string of the molecule is CCCCCC(N)c1ccc2c(c1)C(C)(C)CCC2(C)C. The third kappa shape index (κ3) is 3.51. The molecular weight excluding hydrogens is 254 g/mol. The Balaban J connectivity index is 2.28. The first-order valence-corrected chi connectivity index (χ1v) is 8.68. The zero-order valence-electron chi connectivity index (χ0n) is 14.6. The largest absolute Gasteiger partial charge is 0.324 e. The lowest BCUT2D eigenvalue weighted by Gasteiger charge is -2.42. The van der Waals surface area contributed by atoms with Crippen LogP contribution in [-0.2, 0) is 10.8 Å². The van der Waals surface area contributed by atoms with Crippen molar-refractivity contribution in [2.75, 3.05) is 0 Å². The standard InChI is InChI=1S/C20H33N/c1-6-7-8-9-18(21)15-10-11-16-17(14-15)20(4,5)13-12-19(16,2)3/h10-11,14,18H,6-9,12-13,21H2,1-5H3. The highest BCUT2D eigenvalue weighted by molar-refractivity contribution is 5.44. The van der Waals surface area contributed by atoms with Crippen molar-refractivity contribution in [2.24, 2.45) is 5.73 Å². The molecule has 0 saturated heterocycles. The van der Waals surface area contributed by atoms with Gasteiger partial charge in [-0.2, -0.15) is 0 Å². The maximum atomic E-state index is 6.43. The summed E-state index contributed by atoms with van der Waals surface area (Å²) in [5.41, 5.74) is 11.4. The van der Waals surface area contributed by atoms with E-state index in [1.54, 1.807) is 0 Å². The predicted molar refractivity (Wildman–Crippen MR) is 92.8 cm³/mol. The predicted octanol–water partition coefficient (Wildman–Crippen LogP) is 5.62. The van der Waals surface area contributed by atoms with Gasteiger partial charge in [-0.15, -0.1) is 0 Å². The number of rotatable bonds is 5. The summed E-state index contributed by atoms with van der Waals surface area (Å²) in [5, 5.41) is 0. The molecule has 2 N–H and O–H groups in total. The van der Waals surface area contributed by atoms with Crippen LogP contribution in [0.5, 0.6) is 0 Å². The molecule has 0 radical (unpaired) electrons.